The van der Waals surface area contributed by atoms with Crippen LogP contribution in [0.25, 0.3) is 97.0 Å². The average Bonchev–Trinajstić information content (AvgIpc) is 3.89. The Hall–Kier alpha value is -7.46. The van der Waals surface area contributed by atoms with Crippen LogP contribution in [-0.2, 0) is 0 Å². The largest absolute Gasteiger partial charge is 0.455 e. The number of benzene rings is 10. The molecule has 0 unspecified atom stereocenters. The molecule has 0 amide bonds. The molecular formula is C56H35NOS. The standard InChI is InChI=1S/C56H35NOS/c1-3-18-42-37(13-1)15-10-22-43(42)40-17-9-16-39(35-40)36-29-32-41(33-30-36)57(51-26-12-27-52-54(51)49-34-31-38-14-2-4-19-44(38)55(49)58-52)50-25-7-5-20-45(50)47-23-11-24-48-46-21-6-8-28-53(46)59-56(47)48/h1-35H. The summed E-state index contributed by atoms with van der Waals surface area (Å²) in [6, 6.07) is 76.9. The molecule has 2 aromatic heterocycles. The number of hydrogen-bond donors (Lipinski definition) is 0. The van der Waals surface area contributed by atoms with E-state index in [9.17, 15) is 0 Å². The minimum Gasteiger partial charge on any atom is -0.455 e. The van der Waals surface area contributed by atoms with Crippen LogP contribution in [0.5, 0.6) is 0 Å². The topological polar surface area (TPSA) is 16.4 Å². The summed E-state index contributed by atoms with van der Waals surface area (Å²) < 4.78 is 9.35. The van der Waals surface area contributed by atoms with Crippen LogP contribution in [0, 0.1) is 0 Å². The number of fused-ring (bicyclic) bond motifs is 9. The number of nitrogens with zero attached hydrogens (tertiary/aromatic N) is 1. The van der Waals surface area contributed by atoms with Gasteiger partial charge >= 0.3 is 0 Å². The zero-order valence-corrected chi connectivity index (χ0v) is 32.8. The van der Waals surface area contributed by atoms with E-state index in [1.54, 1.807) is 0 Å². The van der Waals surface area contributed by atoms with Crippen LogP contribution in [0.2, 0.25) is 0 Å². The maximum atomic E-state index is 6.76. The number of anilines is 3. The third kappa shape index (κ3) is 5.47. The van der Waals surface area contributed by atoms with Crippen molar-refractivity contribution in [1.29, 1.82) is 0 Å². The Kier molecular flexibility index (Phi) is 7.75. The first kappa shape index (κ1) is 33.7. The number of para-hydroxylation sites is 1. The minimum atomic E-state index is 0.866. The highest BCUT2D eigenvalue weighted by molar-refractivity contribution is 7.26. The van der Waals surface area contributed by atoms with E-state index < -0.39 is 0 Å². The maximum absolute atomic E-state index is 6.76. The number of furan rings is 1. The summed E-state index contributed by atoms with van der Waals surface area (Å²) in [5, 5.41) is 9.57. The molecule has 0 fully saturated rings. The van der Waals surface area contributed by atoms with Gasteiger partial charge in [-0.05, 0) is 86.9 Å². The second kappa shape index (κ2) is 13.6. The van der Waals surface area contributed by atoms with Gasteiger partial charge in [-0.2, -0.15) is 0 Å². The molecule has 59 heavy (non-hydrogen) atoms. The van der Waals surface area contributed by atoms with Crippen molar-refractivity contribution >= 4 is 92.1 Å². The van der Waals surface area contributed by atoms with Gasteiger partial charge in [-0.1, -0.05) is 164 Å². The monoisotopic (exact) mass is 769 g/mol. The zero-order chi connectivity index (χ0) is 38.9. The van der Waals surface area contributed by atoms with E-state index >= 15 is 0 Å². The highest BCUT2D eigenvalue weighted by Crippen LogP contribution is 2.49. The summed E-state index contributed by atoms with van der Waals surface area (Å²) >= 11 is 1.87. The van der Waals surface area contributed by atoms with Gasteiger partial charge in [0.2, 0.25) is 0 Å². The Balaban J connectivity index is 1.06. The van der Waals surface area contributed by atoms with Gasteiger partial charge in [-0.15, -0.1) is 11.3 Å². The zero-order valence-electron chi connectivity index (χ0n) is 32.0. The molecule has 0 saturated heterocycles. The highest BCUT2D eigenvalue weighted by Gasteiger charge is 2.24. The Morgan fingerprint density at radius 3 is 1.90 bits per heavy atom. The molecule has 10 aromatic carbocycles. The van der Waals surface area contributed by atoms with Gasteiger partial charge in [-0.3, -0.25) is 0 Å². The summed E-state index contributed by atoms with van der Waals surface area (Å²) in [5.74, 6) is 0. The Morgan fingerprint density at radius 2 is 1.00 bits per heavy atom. The molecule has 0 atom stereocenters. The van der Waals surface area contributed by atoms with E-state index in [1.165, 1.54) is 64.1 Å². The van der Waals surface area contributed by atoms with Crippen molar-refractivity contribution in [1.82, 2.24) is 0 Å². The molecule has 0 saturated carbocycles. The molecule has 12 rings (SSSR count). The second-order valence-electron chi connectivity index (χ2n) is 15.2. The van der Waals surface area contributed by atoms with E-state index in [1.807, 2.05) is 11.3 Å². The van der Waals surface area contributed by atoms with Gasteiger partial charge in [0, 0.05) is 47.8 Å². The lowest BCUT2D eigenvalue weighted by Gasteiger charge is -2.29. The van der Waals surface area contributed by atoms with Gasteiger partial charge < -0.3 is 9.32 Å². The van der Waals surface area contributed by atoms with E-state index in [4.69, 9.17) is 4.42 Å². The third-order valence-corrected chi connectivity index (χ3v) is 13.1. The molecule has 3 heteroatoms. The van der Waals surface area contributed by atoms with Crippen LogP contribution in [0.1, 0.15) is 0 Å². The molecule has 276 valence electrons. The summed E-state index contributed by atoms with van der Waals surface area (Å²) in [6.07, 6.45) is 0. The van der Waals surface area contributed by atoms with Crippen molar-refractivity contribution in [3.8, 4) is 33.4 Å². The molecule has 12 aromatic rings. The van der Waals surface area contributed by atoms with Gasteiger partial charge in [0.05, 0.1) is 16.8 Å². The third-order valence-electron chi connectivity index (χ3n) is 11.9. The summed E-state index contributed by atoms with van der Waals surface area (Å²) in [7, 11) is 0. The van der Waals surface area contributed by atoms with E-state index in [0.29, 0.717) is 0 Å². The number of thiophene rings is 1. The van der Waals surface area contributed by atoms with Crippen molar-refractivity contribution in [2.45, 2.75) is 0 Å². The molecule has 2 nitrogen and oxygen atoms in total. The highest BCUT2D eigenvalue weighted by atomic mass is 32.1. The number of rotatable bonds is 6. The normalized spacial score (nSPS) is 11.7. The van der Waals surface area contributed by atoms with Crippen LogP contribution in [0.3, 0.4) is 0 Å². The molecule has 0 aliphatic heterocycles. The van der Waals surface area contributed by atoms with Gasteiger partial charge in [-0.25, -0.2) is 0 Å². The predicted octanol–water partition coefficient (Wildman–Crippen LogP) is 16.7. The Bertz CT molecular complexity index is 3570. The van der Waals surface area contributed by atoms with Crippen molar-refractivity contribution in [3.63, 3.8) is 0 Å². The first-order chi connectivity index (χ1) is 29.3. The lowest BCUT2D eigenvalue weighted by Crippen LogP contribution is -2.11. The fourth-order valence-electron chi connectivity index (χ4n) is 9.13. The molecular weight excluding hydrogens is 735 g/mol. The van der Waals surface area contributed by atoms with E-state index in [0.717, 1.165) is 50.0 Å². The van der Waals surface area contributed by atoms with Crippen LogP contribution in [-0.4, -0.2) is 0 Å². The molecule has 0 spiro atoms. The first-order valence-corrected chi connectivity index (χ1v) is 20.9. The first-order valence-electron chi connectivity index (χ1n) is 20.1. The van der Waals surface area contributed by atoms with Crippen LogP contribution >= 0.6 is 11.3 Å². The fourth-order valence-corrected chi connectivity index (χ4v) is 10.4. The molecule has 0 aliphatic carbocycles. The lowest BCUT2D eigenvalue weighted by atomic mass is 9.95. The molecule has 2 heterocycles. The van der Waals surface area contributed by atoms with E-state index in [2.05, 4.69) is 217 Å². The molecule has 0 aliphatic rings. The van der Waals surface area contributed by atoms with Crippen LogP contribution < -0.4 is 4.90 Å². The fraction of sp³-hybridized carbons (Fsp3) is 0. The Morgan fingerprint density at radius 1 is 0.373 bits per heavy atom. The van der Waals surface area contributed by atoms with Crippen molar-refractivity contribution in [2.75, 3.05) is 4.90 Å². The maximum Gasteiger partial charge on any atom is 0.143 e. The van der Waals surface area contributed by atoms with Crippen LogP contribution in [0.15, 0.2) is 217 Å². The quantitative estimate of drug-likeness (QED) is 0.167. The van der Waals surface area contributed by atoms with Crippen molar-refractivity contribution in [2.24, 2.45) is 0 Å². The van der Waals surface area contributed by atoms with Crippen molar-refractivity contribution in [3.05, 3.63) is 212 Å². The number of hydrogen-bond acceptors (Lipinski definition) is 3. The molecule has 0 N–H and O–H groups in total. The smallest absolute Gasteiger partial charge is 0.143 e. The van der Waals surface area contributed by atoms with Gasteiger partial charge in [0.25, 0.3) is 0 Å². The predicted molar refractivity (Wildman–Crippen MR) is 253 cm³/mol. The minimum absolute atomic E-state index is 0.866. The van der Waals surface area contributed by atoms with E-state index in [-0.39, 0.29) is 0 Å². The van der Waals surface area contributed by atoms with Crippen LogP contribution in [0.4, 0.5) is 17.1 Å². The van der Waals surface area contributed by atoms with Gasteiger partial charge in [0.1, 0.15) is 11.2 Å². The molecule has 0 bridgehead atoms. The molecule has 0 radical (unpaired) electrons. The lowest BCUT2D eigenvalue weighted by molar-refractivity contribution is 0.672. The SMILES string of the molecule is c1cc(-c2ccc(N(c3ccccc3-c3cccc4c3sc3ccccc34)c3cccc4oc5c6ccccc6ccc5c34)cc2)cc(-c2cccc3ccccc23)c1. The van der Waals surface area contributed by atoms with Gasteiger partial charge in [0.15, 0.2) is 0 Å². The Labute approximate surface area is 345 Å². The van der Waals surface area contributed by atoms with Crippen molar-refractivity contribution < 1.29 is 4.42 Å². The average molecular weight is 770 g/mol. The summed E-state index contributed by atoms with van der Waals surface area (Å²) in [6.45, 7) is 0. The summed E-state index contributed by atoms with van der Waals surface area (Å²) in [5.41, 5.74) is 12.2. The summed E-state index contributed by atoms with van der Waals surface area (Å²) in [4.78, 5) is 2.43. The second-order valence-corrected chi connectivity index (χ2v) is 16.3.